The summed E-state index contributed by atoms with van der Waals surface area (Å²) in [5.41, 5.74) is 0.929. The normalized spacial score (nSPS) is 11.1. The number of hydrogen-bond acceptors (Lipinski definition) is 3. The van der Waals surface area contributed by atoms with Crippen molar-refractivity contribution in [3.8, 4) is 0 Å². The number of carbonyl (C=O) groups excluding carboxylic acids is 1. The van der Waals surface area contributed by atoms with Crippen LogP contribution in [0.2, 0.25) is 0 Å². The maximum atomic E-state index is 10.9. The van der Waals surface area contributed by atoms with Gasteiger partial charge in [-0.05, 0) is 11.6 Å². The summed E-state index contributed by atoms with van der Waals surface area (Å²) in [7, 11) is 1.33. The number of hydrogen-bond donors (Lipinski definition) is 1. The summed E-state index contributed by atoms with van der Waals surface area (Å²) in [6, 6.07) is 9.47. The molecule has 13 heavy (non-hydrogen) atoms. The van der Waals surface area contributed by atoms with Gasteiger partial charge in [0.15, 0.2) is 0 Å². The third kappa shape index (κ3) is 2.95. The molecule has 0 unspecified atom stereocenters. The first-order chi connectivity index (χ1) is 6.24. The zero-order chi connectivity index (χ0) is 9.68. The maximum absolute atomic E-state index is 10.9. The summed E-state index contributed by atoms with van der Waals surface area (Å²) in [6.45, 7) is 0. The molecule has 0 atom stereocenters. The summed E-state index contributed by atoms with van der Waals surface area (Å²) < 4.78 is 4.50. The maximum Gasteiger partial charge on any atom is 0.344 e. The van der Waals surface area contributed by atoms with E-state index >= 15 is 0 Å². The van der Waals surface area contributed by atoms with E-state index < -0.39 is 5.97 Å². The second-order valence-electron chi connectivity index (χ2n) is 2.43. The molecule has 0 spiro atoms. The number of carbonyl (C=O) groups is 1. The highest BCUT2D eigenvalue weighted by molar-refractivity contribution is 7.85. The van der Waals surface area contributed by atoms with Crippen molar-refractivity contribution in [1.29, 1.82) is 0 Å². The van der Waals surface area contributed by atoms with E-state index in [1.54, 1.807) is 6.08 Å². The Bertz CT molecular complexity index is 317. The van der Waals surface area contributed by atoms with E-state index in [1.165, 1.54) is 7.11 Å². The van der Waals surface area contributed by atoms with Crippen LogP contribution >= 0.6 is 12.6 Å². The molecule has 0 aliphatic carbocycles. The lowest BCUT2D eigenvalue weighted by atomic mass is 10.2. The second-order valence-corrected chi connectivity index (χ2v) is 2.91. The van der Waals surface area contributed by atoms with Gasteiger partial charge >= 0.3 is 5.97 Å². The summed E-state index contributed by atoms with van der Waals surface area (Å²) in [6.07, 6.45) is 1.66. The van der Waals surface area contributed by atoms with Crippen LogP contribution in [-0.2, 0) is 9.53 Å². The molecule has 0 aromatic heterocycles. The number of ether oxygens (including phenoxy) is 1. The highest BCUT2D eigenvalue weighted by Crippen LogP contribution is 2.10. The molecular formula is C10H10O2S. The third-order valence-electron chi connectivity index (χ3n) is 1.50. The Morgan fingerprint density at radius 2 is 2.00 bits per heavy atom. The molecule has 0 aliphatic rings. The average molecular weight is 194 g/mol. The molecular weight excluding hydrogens is 184 g/mol. The van der Waals surface area contributed by atoms with Gasteiger partial charge < -0.3 is 4.74 Å². The lowest BCUT2D eigenvalue weighted by Gasteiger charge is -1.97. The fourth-order valence-electron chi connectivity index (χ4n) is 0.871. The van der Waals surface area contributed by atoms with E-state index in [1.807, 2.05) is 30.3 Å². The molecule has 2 nitrogen and oxygen atoms in total. The average Bonchev–Trinajstić information content (AvgIpc) is 2.18. The largest absolute Gasteiger partial charge is 0.465 e. The minimum Gasteiger partial charge on any atom is -0.465 e. The molecule has 0 amide bonds. The van der Waals surface area contributed by atoms with Gasteiger partial charge in [0.25, 0.3) is 0 Å². The van der Waals surface area contributed by atoms with Crippen LogP contribution in [-0.4, -0.2) is 13.1 Å². The lowest BCUT2D eigenvalue weighted by Crippen LogP contribution is -1.99. The van der Waals surface area contributed by atoms with E-state index in [2.05, 4.69) is 17.4 Å². The van der Waals surface area contributed by atoms with Gasteiger partial charge in [-0.1, -0.05) is 30.3 Å². The van der Waals surface area contributed by atoms with Gasteiger partial charge in [0.05, 0.1) is 12.0 Å². The van der Waals surface area contributed by atoms with E-state index in [9.17, 15) is 4.79 Å². The Balaban J connectivity index is 2.83. The Hall–Kier alpha value is -1.22. The molecule has 0 radical (unpaired) electrons. The second kappa shape index (κ2) is 4.72. The Morgan fingerprint density at radius 1 is 1.38 bits per heavy atom. The summed E-state index contributed by atoms with van der Waals surface area (Å²) in [5.74, 6) is -0.424. The van der Waals surface area contributed by atoms with Gasteiger partial charge in [0.2, 0.25) is 0 Å². The standard InChI is InChI=1S/C10H10O2S/c1-12-10(11)9(13)7-8-5-3-2-4-6-8/h2-7,13H,1H3. The van der Waals surface area contributed by atoms with Crippen molar-refractivity contribution < 1.29 is 9.53 Å². The predicted octanol–water partition coefficient (Wildman–Crippen LogP) is 2.13. The van der Waals surface area contributed by atoms with Gasteiger partial charge in [-0.2, -0.15) is 0 Å². The topological polar surface area (TPSA) is 26.3 Å². The zero-order valence-electron chi connectivity index (χ0n) is 7.23. The molecule has 0 saturated carbocycles. The Kier molecular flexibility index (Phi) is 3.58. The van der Waals surface area contributed by atoms with Crippen LogP contribution in [0, 0.1) is 0 Å². The summed E-state index contributed by atoms with van der Waals surface area (Å²) in [4.78, 5) is 11.2. The number of thiol groups is 1. The third-order valence-corrected chi connectivity index (χ3v) is 1.81. The van der Waals surface area contributed by atoms with Crippen LogP contribution in [0.3, 0.4) is 0 Å². The van der Waals surface area contributed by atoms with Crippen LogP contribution < -0.4 is 0 Å². The monoisotopic (exact) mass is 194 g/mol. The number of methoxy groups -OCH3 is 1. The van der Waals surface area contributed by atoms with E-state index in [0.29, 0.717) is 4.91 Å². The van der Waals surface area contributed by atoms with E-state index in [0.717, 1.165) is 5.56 Å². The predicted molar refractivity (Wildman–Crippen MR) is 55.4 cm³/mol. The highest BCUT2D eigenvalue weighted by Gasteiger charge is 2.02. The van der Waals surface area contributed by atoms with E-state index in [4.69, 9.17) is 0 Å². The first kappa shape index (κ1) is 9.86. The van der Waals surface area contributed by atoms with Crippen LogP contribution in [0.15, 0.2) is 35.2 Å². The fourth-order valence-corrected chi connectivity index (χ4v) is 1.11. The summed E-state index contributed by atoms with van der Waals surface area (Å²) >= 11 is 4.00. The number of rotatable bonds is 2. The molecule has 0 saturated heterocycles. The summed E-state index contributed by atoms with van der Waals surface area (Å²) in [5, 5.41) is 0. The van der Waals surface area contributed by atoms with Crippen molar-refractivity contribution in [1.82, 2.24) is 0 Å². The molecule has 1 rings (SSSR count). The zero-order valence-corrected chi connectivity index (χ0v) is 8.12. The van der Waals surface area contributed by atoms with Gasteiger partial charge in [0.1, 0.15) is 0 Å². The molecule has 0 fully saturated rings. The van der Waals surface area contributed by atoms with Crippen molar-refractivity contribution in [2.45, 2.75) is 0 Å². The molecule has 0 N–H and O–H groups in total. The molecule has 0 bridgehead atoms. The molecule has 0 aliphatic heterocycles. The molecule has 1 aromatic rings. The minimum atomic E-state index is -0.424. The quantitative estimate of drug-likeness (QED) is 0.443. The van der Waals surface area contributed by atoms with Gasteiger partial charge in [-0.3, -0.25) is 0 Å². The minimum absolute atomic E-state index is 0.300. The Morgan fingerprint density at radius 3 is 2.54 bits per heavy atom. The van der Waals surface area contributed by atoms with Crippen LogP contribution in [0.25, 0.3) is 6.08 Å². The lowest BCUT2D eigenvalue weighted by molar-refractivity contribution is -0.135. The molecule has 68 valence electrons. The van der Waals surface area contributed by atoms with Crippen molar-refractivity contribution in [3.05, 3.63) is 40.8 Å². The molecule has 3 heteroatoms. The van der Waals surface area contributed by atoms with Crippen molar-refractivity contribution in [3.63, 3.8) is 0 Å². The first-order valence-electron chi connectivity index (χ1n) is 3.78. The van der Waals surface area contributed by atoms with Gasteiger partial charge in [-0.25, -0.2) is 4.79 Å². The molecule has 1 aromatic carbocycles. The van der Waals surface area contributed by atoms with Crippen LogP contribution in [0.1, 0.15) is 5.56 Å². The molecule has 0 heterocycles. The van der Waals surface area contributed by atoms with E-state index in [-0.39, 0.29) is 0 Å². The first-order valence-corrected chi connectivity index (χ1v) is 4.23. The van der Waals surface area contributed by atoms with Crippen LogP contribution in [0.4, 0.5) is 0 Å². The number of benzene rings is 1. The van der Waals surface area contributed by atoms with Crippen molar-refractivity contribution in [2.75, 3.05) is 7.11 Å². The highest BCUT2D eigenvalue weighted by atomic mass is 32.1. The fraction of sp³-hybridized carbons (Fsp3) is 0.100. The van der Waals surface area contributed by atoms with Crippen LogP contribution in [0.5, 0.6) is 0 Å². The van der Waals surface area contributed by atoms with Crippen molar-refractivity contribution >= 4 is 24.7 Å². The SMILES string of the molecule is COC(=O)C(S)=Cc1ccccc1. The smallest absolute Gasteiger partial charge is 0.344 e. The van der Waals surface area contributed by atoms with Gasteiger partial charge in [0, 0.05) is 0 Å². The van der Waals surface area contributed by atoms with Gasteiger partial charge in [-0.15, -0.1) is 12.6 Å². The van der Waals surface area contributed by atoms with Crippen molar-refractivity contribution in [2.24, 2.45) is 0 Å². The number of esters is 1. The Labute approximate surface area is 82.6 Å².